The van der Waals surface area contributed by atoms with E-state index >= 15 is 0 Å². The first-order valence-corrected chi connectivity index (χ1v) is 6.46. The first kappa shape index (κ1) is 13.1. The third-order valence-corrected chi connectivity index (χ3v) is 3.68. The van der Waals surface area contributed by atoms with Crippen LogP contribution in [0.25, 0.3) is 0 Å². The SMILES string of the molecule is CCC(C)C(=O)CSc1ccccc1OC. The molecule has 0 fully saturated rings. The maximum Gasteiger partial charge on any atom is 0.145 e. The first-order chi connectivity index (χ1) is 7.69. The van der Waals surface area contributed by atoms with Crippen molar-refractivity contribution in [1.82, 2.24) is 0 Å². The van der Waals surface area contributed by atoms with Crippen LogP contribution in [0.15, 0.2) is 29.2 Å². The molecule has 0 aromatic heterocycles. The summed E-state index contributed by atoms with van der Waals surface area (Å²) in [6, 6.07) is 7.78. The van der Waals surface area contributed by atoms with E-state index < -0.39 is 0 Å². The highest BCUT2D eigenvalue weighted by Gasteiger charge is 2.12. The number of hydrogen-bond donors (Lipinski definition) is 0. The molecule has 88 valence electrons. The molecule has 3 heteroatoms. The molecular formula is C13H18O2S. The minimum absolute atomic E-state index is 0.155. The molecule has 0 aliphatic heterocycles. The average molecular weight is 238 g/mol. The summed E-state index contributed by atoms with van der Waals surface area (Å²) in [6.07, 6.45) is 0.908. The summed E-state index contributed by atoms with van der Waals surface area (Å²) in [5.41, 5.74) is 0. The van der Waals surface area contributed by atoms with Crippen molar-refractivity contribution < 1.29 is 9.53 Å². The molecule has 1 rings (SSSR count). The number of rotatable bonds is 6. The zero-order valence-electron chi connectivity index (χ0n) is 10.0. The van der Waals surface area contributed by atoms with Crippen LogP contribution >= 0.6 is 11.8 Å². The van der Waals surface area contributed by atoms with Crippen molar-refractivity contribution in [3.8, 4) is 5.75 Å². The summed E-state index contributed by atoms with van der Waals surface area (Å²) in [5, 5.41) is 0. The van der Waals surface area contributed by atoms with Crippen LogP contribution in [0.2, 0.25) is 0 Å². The molecule has 1 aromatic rings. The maximum absolute atomic E-state index is 11.7. The summed E-state index contributed by atoms with van der Waals surface area (Å²) >= 11 is 1.55. The van der Waals surface area contributed by atoms with E-state index in [1.807, 2.05) is 38.1 Å². The van der Waals surface area contributed by atoms with Crippen LogP contribution in [-0.2, 0) is 4.79 Å². The van der Waals surface area contributed by atoms with E-state index in [0.717, 1.165) is 17.1 Å². The third kappa shape index (κ3) is 3.56. The Morgan fingerprint density at radius 1 is 1.44 bits per heavy atom. The van der Waals surface area contributed by atoms with Gasteiger partial charge in [-0.15, -0.1) is 11.8 Å². The summed E-state index contributed by atoms with van der Waals surface area (Å²) in [5.74, 6) is 1.82. The van der Waals surface area contributed by atoms with Crippen LogP contribution in [0.3, 0.4) is 0 Å². The van der Waals surface area contributed by atoms with Gasteiger partial charge in [-0.1, -0.05) is 26.0 Å². The Labute approximate surface area is 101 Å². The fraction of sp³-hybridized carbons (Fsp3) is 0.462. The lowest BCUT2D eigenvalue weighted by Gasteiger charge is -2.09. The van der Waals surface area contributed by atoms with Gasteiger partial charge in [0.1, 0.15) is 11.5 Å². The molecule has 0 saturated carbocycles. The first-order valence-electron chi connectivity index (χ1n) is 5.47. The van der Waals surface area contributed by atoms with E-state index in [1.54, 1.807) is 18.9 Å². The lowest BCUT2D eigenvalue weighted by molar-refractivity contribution is -0.119. The zero-order valence-corrected chi connectivity index (χ0v) is 10.8. The van der Waals surface area contributed by atoms with Crippen molar-refractivity contribution in [1.29, 1.82) is 0 Å². The predicted octanol–water partition coefficient (Wildman–Crippen LogP) is 3.40. The summed E-state index contributed by atoms with van der Waals surface area (Å²) in [6.45, 7) is 4.02. The maximum atomic E-state index is 11.7. The minimum atomic E-state index is 0.155. The van der Waals surface area contributed by atoms with Gasteiger partial charge in [0.2, 0.25) is 0 Å². The number of carbonyl (C=O) groups excluding carboxylic acids is 1. The Bertz CT molecular complexity index is 350. The van der Waals surface area contributed by atoms with Crippen LogP contribution in [0.1, 0.15) is 20.3 Å². The lowest BCUT2D eigenvalue weighted by atomic mass is 10.1. The highest BCUT2D eigenvalue weighted by Crippen LogP contribution is 2.29. The topological polar surface area (TPSA) is 26.3 Å². The predicted molar refractivity (Wildman–Crippen MR) is 68.2 cm³/mol. The van der Waals surface area contributed by atoms with Gasteiger partial charge in [0.25, 0.3) is 0 Å². The standard InChI is InChI=1S/C13H18O2S/c1-4-10(2)11(14)9-16-13-8-6-5-7-12(13)15-3/h5-8,10H,4,9H2,1-3H3. The van der Waals surface area contributed by atoms with Gasteiger partial charge in [-0.3, -0.25) is 4.79 Å². The van der Waals surface area contributed by atoms with Crippen LogP contribution in [0.4, 0.5) is 0 Å². The number of para-hydroxylation sites is 1. The van der Waals surface area contributed by atoms with Crippen molar-refractivity contribution in [2.75, 3.05) is 12.9 Å². The summed E-state index contributed by atoms with van der Waals surface area (Å²) in [7, 11) is 1.65. The second kappa shape index (κ2) is 6.59. The Kier molecular flexibility index (Phi) is 5.39. The van der Waals surface area contributed by atoms with E-state index in [2.05, 4.69) is 0 Å². The van der Waals surface area contributed by atoms with Crippen LogP contribution < -0.4 is 4.74 Å². The summed E-state index contributed by atoms with van der Waals surface area (Å²) < 4.78 is 5.23. The van der Waals surface area contributed by atoms with Crippen molar-refractivity contribution in [2.45, 2.75) is 25.2 Å². The number of benzene rings is 1. The second-order valence-corrected chi connectivity index (χ2v) is 4.73. The molecule has 0 bridgehead atoms. The van der Waals surface area contributed by atoms with E-state index in [9.17, 15) is 4.79 Å². The summed E-state index contributed by atoms with van der Waals surface area (Å²) in [4.78, 5) is 12.7. The van der Waals surface area contributed by atoms with Crippen molar-refractivity contribution in [3.63, 3.8) is 0 Å². The largest absolute Gasteiger partial charge is 0.496 e. The van der Waals surface area contributed by atoms with Gasteiger partial charge in [-0.2, -0.15) is 0 Å². The molecule has 0 heterocycles. The number of methoxy groups -OCH3 is 1. The Hall–Kier alpha value is -0.960. The fourth-order valence-electron chi connectivity index (χ4n) is 1.26. The average Bonchev–Trinajstić information content (AvgIpc) is 2.35. The number of thioether (sulfide) groups is 1. The van der Waals surface area contributed by atoms with Gasteiger partial charge >= 0.3 is 0 Å². The molecule has 16 heavy (non-hydrogen) atoms. The molecule has 0 aliphatic carbocycles. The van der Waals surface area contributed by atoms with Gasteiger partial charge in [0.05, 0.1) is 12.9 Å². The minimum Gasteiger partial charge on any atom is -0.496 e. The van der Waals surface area contributed by atoms with E-state index in [1.165, 1.54) is 0 Å². The molecule has 0 aliphatic rings. The lowest BCUT2D eigenvalue weighted by Crippen LogP contribution is -2.12. The van der Waals surface area contributed by atoms with Gasteiger partial charge < -0.3 is 4.74 Å². The number of carbonyl (C=O) groups is 1. The molecular weight excluding hydrogens is 220 g/mol. The van der Waals surface area contributed by atoms with Gasteiger partial charge in [-0.25, -0.2) is 0 Å². The van der Waals surface area contributed by atoms with E-state index in [-0.39, 0.29) is 5.92 Å². The monoisotopic (exact) mass is 238 g/mol. The van der Waals surface area contributed by atoms with Crippen molar-refractivity contribution in [3.05, 3.63) is 24.3 Å². The Balaban J connectivity index is 2.57. The molecule has 2 nitrogen and oxygen atoms in total. The zero-order chi connectivity index (χ0) is 12.0. The molecule has 1 aromatic carbocycles. The highest BCUT2D eigenvalue weighted by atomic mass is 32.2. The van der Waals surface area contributed by atoms with Gasteiger partial charge in [-0.05, 0) is 18.6 Å². The molecule has 0 saturated heterocycles. The second-order valence-electron chi connectivity index (χ2n) is 3.72. The molecule has 1 atom stereocenters. The van der Waals surface area contributed by atoms with Crippen LogP contribution in [0.5, 0.6) is 5.75 Å². The number of ketones is 1. The quantitative estimate of drug-likeness (QED) is 0.710. The number of Topliss-reactive ketones (excluding diaryl/α,β-unsaturated/α-hetero) is 1. The Morgan fingerprint density at radius 2 is 2.12 bits per heavy atom. The Morgan fingerprint density at radius 3 is 2.75 bits per heavy atom. The number of ether oxygens (including phenoxy) is 1. The van der Waals surface area contributed by atoms with Gasteiger partial charge in [0.15, 0.2) is 0 Å². The fourth-order valence-corrected chi connectivity index (χ4v) is 2.31. The van der Waals surface area contributed by atoms with Crippen molar-refractivity contribution >= 4 is 17.5 Å². The third-order valence-electron chi connectivity index (χ3n) is 2.60. The smallest absolute Gasteiger partial charge is 0.145 e. The van der Waals surface area contributed by atoms with E-state index in [0.29, 0.717) is 11.5 Å². The van der Waals surface area contributed by atoms with Gasteiger partial charge in [0, 0.05) is 10.8 Å². The van der Waals surface area contributed by atoms with Crippen LogP contribution in [-0.4, -0.2) is 18.6 Å². The van der Waals surface area contributed by atoms with Crippen molar-refractivity contribution in [2.24, 2.45) is 5.92 Å². The van der Waals surface area contributed by atoms with E-state index in [4.69, 9.17) is 4.74 Å². The van der Waals surface area contributed by atoms with Crippen LogP contribution in [0, 0.1) is 5.92 Å². The molecule has 0 spiro atoms. The molecule has 0 amide bonds. The number of hydrogen-bond acceptors (Lipinski definition) is 3. The molecule has 1 unspecified atom stereocenters. The molecule has 0 N–H and O–H groups in total. The normalized spacial score (nSPS) is 12.2. The molecule has 0 radical (unpaired) electrons. The highest BCUT2D eigenvalue weighted by molar-refractivity contribution is 8.00.